The van der Waals surface area contributed by atoms with E-state index in [1.165, 1.54) is 46.6 Å². The maximum atomic E-state index is 12.3. The summed E-state index contributed by atoms with van der Waals surface area (Å²) in [6.07, 6.45) is 1.09. The molecule has 0 saturated carbocycles. The third-order valence-corrected chi connectivity index (χ3v) is 5.68. The van der Waals surface area contributed by atoms with E-state index in [-0.39, 0.29) is 39.8 Å². The number of esters is 1. The second-order valence-corrected chi connectivity index (χ2v) is 8.08. The monoisotopic (exact) mass is 557 g/mol. The predicted octanol–water partition coefficient (Wildman–Crippen LogP) is 1.95. The van der Waals surface area contributed by atoms with Crippen molar-refractivity contribution in [2.75, 3.05) is 35.0 Å². The van der Waals surface area contributed by atoms with Crippen molar-refractivity contribution in [3.8, 4) is 23.0 Å². The molecule has 1 aliphatic rings. The van der Waals surface area contributed by atoms with Gasteiger partial charge < -0.3 is 34.3 Å². The predicted molar refractivity (Wildman–Crippen MR) is 140 cm³/mol. The molecule has 2 aromatic rings. The Bertz CT molecular complexity index is 1390. The molecule has 15 nitrogen and oxygen atoms in total. The Morgan fingerprint density at radius 2 is 1.70 bits per heavy atom. The van der Waals surface area contributed by atoms with Crippen molar-refractivity contribution in [1.29, 1.82) is 0 Å². The zero-order valence-electron chi connectivity index (χ0n) is 22.2. The summed E-state index contributed by atoms with van der Waals surface area (Å²) in [5.74, 6) is -0.453. The standard InChI is InChI=1S/C25H27N5O10/c1-13-22(24(32)39-5)23(28-25(33)27-13)14-6-7-17(18(8-14)36-2)40-12-21(31)29-26-11-15-9-19(37-3)20(38-4)10-16(15)30(34)35/h6-11,23H,12H2,1-5H3,(H,29,31)(H2,27,28,33)/t23-/m0/s1. The number of benzene rings is 2. The summed E-state index contributed by atoms with van der Waals surface area (Å²) in [6, 6.07) is 5.87. The Hall–Kier alpha value is -5.34. The van der Waals surface area contributed by atoms with E-state index in [4.69, 9.17) is 23.7 Å². The number of hydrogen-bond acceptors (Lipinski definition) is 11. The van der Waals surface area contributed by atoms with E-state index < -0.39 is 35.5 Å². The van der Waals surface area contributed by atoms with Crippen LogP contribution in [0.15, 0.2) is 46.7 Å². The van der Waals surface area contributed by atoms with Crippen molar-refractivity contribution in [3.05, 3.63) is 62.8 Å². The van der Waals surface area contributed by atoms with Gasteiger partial charge in [-0.1, -0.05) is 6.07 Å². The molecule has 3 rings (SSSR count). The molecular weight excluding hydrogens is 530 g/mol. The Morgan fingerprint density at radius 1 is 1.05 bits per heavy atom. The largest absolute Gasteiger partial charge is 0.493 e. The maximum Gasteiger partial charge on any atom is 0.337 e. The number of nitrogens with one attached hydrogen (secondary N) is 3. The van der Waals surface area contributed by atoms with Gasteiger partial charge in [0.05, 0.1) is 62.8 Å². The molecule has 212 valence electrons. The van der Waals surface area contributed by atoms with Gasteiger partial charge in [-0.15, -0.1) is 0 Å². The lowest BCUT2D eigenvalue weighted by Gasteiger charge is -2.28. The maximum absolute atomic E-state index is 12.3. The van der Waals surface area contributed by atoms with Crippen LogP contribution < -0.4 is 35.0 Å². The number of hydrazone groups is 1. The highest BCUT2D eigenvalue weighted by Crippen LogP contribution is 2.35. The van der Waals surface area contributed by atoms with Crippen molar-refractivity contribution in [3.63, 3.8) is 0 Å². The van der Waals surface area contributed by atoms with Gasteiger partial charge >= 0.3 is 12.0 Å². The van der Waals surface area contributed by atoms with Gasteiger partial charge in [-0.25, -0.2) is 15.0 Å². The fourth-order valence-electron chi connectivity index (χ4n) is 3.80. The van der Waals surface area contributed by atoms with Crippen LogP contribution in [0.2, 0.25) is 0 Å². The zero-order valence-corrected chi connectivity index (χ0v) is 22.2. The van der Waals surface area contributed by atoms with Gasteiger partial charge in [-0.05, 0) is 30.7 Å². The number of urea groups is 1. The number of ether oxygens (including phenoxy) is 5. The highest BCUT2D eigenvalue weighted by Gasteiger charge is 2.32. The minimum atomic E-state index is -0.817. The number of nitrogens with zero attached hydrogens (tertiary/aromatic N) is 2. The number of hydrogen-bond donors (Lipinski definition) is 3. The van der Waals surface area contributed by atoms with Crippen LogP contribution in [0.25, 0.3) is 0 Å². The molecule has 3 amide bonds. The van der Waals surface area contributed by atoms with E-state index in [0.29, 0.717) is 11.3 Å². The van der Waals surface area contributed by atoms with Crippen LogP contribution in [0.3, 0.4) is 0 Å². The first-order valence-corrected chi connectivity index (χ1v) is 11.5. The van der Waals surface area contributed by atoms with Crippen molar-refractivity contribution >= 4 is 29.8 Å². The Balaban J connectivity index is 1.71. The molecule has 0 spiro atoms. The first-order chi connectivity index (χ1) is 19.1. The summed E-state index contributed by atoms with van der Waals surface area (Å²) in [6.45, 7) is 1.11. The lowest BCUT2D eigenvalue weighted by molar-refractivity contribution is -0.385. The molecule has 0 aliphatic carbocycles. The SMILES string of the molecule is COC(=O)C1=C(C)NC(=O)N[C@H]1c1ccc(OCC(=O)NN=Cc2cc(OC)c(OC)cc2[N+](=O)[O-])c(OC)c1. The van der Waals surface area contributed by atoms with Gasteiger partial charge in [-0.2, -0.15) is 5.10 Å². The van der Waals surface area contributed by atoms with Gasteiger partial charge in [0.1, 0.15) is 0 Å². The summed E-state index contributed by atoms with van der Waals surface area (Å²) in [5, 5.41) is 20.4. The fourth-order valence-corrected chi connectivity index (χ4v) is 3.80. The molecule has 15 heteroatoms. The average Bonchev–Trinajstić information content (AvgIpc) is 2.94. The molecule has 0 unspecified atom stereocenters. The topological polar surface area (TPSA) is 189 Å². The minimum Gasteiger partial charge on any atom is -0.493 e. The summed E-state index contributed by atoms with van der Waals surface area (Å²) in [4.78, 5) is 47.5. The number of allylic oxidation sites excluding steroid dienone is 1. The van der Waals surface area contributed by atoms with E-state index in [1.54, 1.807) is 19.1 Å². The summed E-state index contributed by atoms with van der Waals surface area (Å²) >= 11 is 0. The lowest BCUT2D eigenvalue weighted by Crippen LogP contribution is -2.45. The van der Waals surface area contributed by atoms with E-state index in [9.17, 15) is 24.5 Å². The van der Waals surface area contributed by atoms with E-state index in [0.717, 1.165) is 6.21 Å². The highest BCUT2D eigenvalue weighted by atomic mass is 16.6. The van der Waals surface area contributed by atoms with Crippen molar-refractivity contribution in [2.24, 2.45) is 5.10 Å². The molecule has 0 fully saturated rings. The van der Waals surface area contributed by atoms with Gasteiger partial charge in [0.2, 0.25) is 0 Å². The van der Waals surface area contributed by atoms with E-state index in [1.807, 2.05) is 0 Å². The first-order valence-electron chi connectivity index (χ1n) is 11.5. The molecule has 0 aromatic heterocycles. The molecule has 2 aromatic carbocycles. The molecule has 1 atom stereocenters. The van der Waals surface area contributed by atoms with Crippen LogP contribution in [-0.2, 0) is 14.3 Å². The number of nitro groups is 1. The number of carbonyl (C=O) groups is 3. The van der Waals surface area contributed by atoms with Crippen LogP contribution >= 0.6 is 0 Å². The fraction of sp³-hybridized carbons (Fsp3) is 0.280. The van der Waals surface area contributed by atoms with Crippen LogP contribution in [0.1, 0.15) is 24.1 Å². The second-order valence-electron chi connectivity index (χ2n) is 8.08. The van der Waals surface area contributed by atoms with E-state index in [2.05, 4.69) is 21.2 Å². The van der Waals surface area contributed by atoms with Crippen LogP contribution in [-0.4, -0.2) is 64.1 Å². The van der Waals surface area contributed by atoms with Gasteiger partial charge in [-0.3, -0.25) is 14.9 Å². The van der Waals surface area contributed by atoms with Crippen molar-refractivity contribution in [1.82, 2.24) is 16.1 Å². The summed E-state index contributed by atoms with van der Waals surface area (Å²) in [5.41, 5.74) is 3.05. The smallest absolute Gasteiger partial charge is 0.337 e. The second kappa shape index (κ2) is 12.9. The van der Waals surface area contributed by atoms with Crippen LogP contribution in [0.4, 0.5) is 10.5 Å². The quantitative estimate of drug-likeness (QED) is 0.159. The Kier molecular flexibility index (Phi) is 9.46. The normalized spacial score (nSPS) is 14.6. The number of amides is 3. The molecule has 0 radical (unpaired) electrons. The van der Waals surface area contributed by atoms with E-state index >= 15 is 0 Å². The van der Waals surface area contributed by atoms with Gasteiger partial charge in [0.15, 0.2) is 29.6 Å². The van der Waals surface area contributed by atoms with Crippen LogP contribution in [0, 0.1) is 10.1 Å². The van der Waals surface area contributed by atoms with Gasteiger partial charge in [0.25, 0.3) is 11.6 Å². The highest BCUT2D eigenvalue weighted by molar-refractivity contribution is 5.95. The van der Waals surface area contributed by atoms with Crippen molar-refractivity contribution in [2.45, 2.75) is 13.0 Å². The molecular formula is C25H27N5O10. The molecule has 1 heterocycles. The summed E-state index contributed by atoms with van der Waals surface area (Å²) < 4.78 is 26.0. The molecule has 1 aliphatic heterocycles. The van der Waals surface area contributed by atoms with Crippen LogP contribution in [0.5, 0.6) is 23.0 Å². The Morgan fingerprint density at radius 3 is 2.33 bits per heavy atom. The molecule has 40 heavy (non-hydrogen) atoms. The number of rotatable bonds is 11. The number of carbonyl (C=O) groups excluding carboxylic acids is 3. The average molecular weight is 558 g/mol. The summed E-state index contributed by atoms with van der Waals surface area (Å²) in [7, 11) is 5.34. The number of nitro benzene ring substituents is 1. The van der Waals surface area contributed by atoms with Gasteiger partial charge in [0, 0.05) is 5.70 Å². The first kappa shape index (κ1) is 29.2. The van der Waals surface area contributed by atoms with Crippen molar-refractivity contribution < 1.29 is 43.0 Å². The molecule has 0 bridgehead atoms. The third-order valence-electron chi connectivity index (χ3n) is 5.68. The zero-order chi connectivity index (χ0) is 29.4. The third kappa shape index (κ3) is 6.56. The Labute approximate surface area is 228 Å². The number of methoxy groups -OCH3 is 4. The minimum absolute atomic E-state index is 0.0711. The molecule has 0 saturated heterocycles. The molecule has 3 N–H and O–H groups in total. The lowest BCUT2D eigenvalue weighted by atomic mass is 9.95.